The maximum absolute atomic E-state index is 12.2. The van der Waals surface area contributed by atoms with Crippen molar-refractivity contribution in [3.05, 3.63) is 17.7 Å². The summed E-state index contributed by atoms with van der Waals surface area (Å²) in [5.74, 6) is 0.865. The van der Waals surface area contributed by atoms with Crippen LogP contribution in [0.3, 0.4) is 0 Å². The predicted octanol–water partition coefficient (Wildman–Crippen LogP) is 1.53. The van der Waals surface area contributed by atoms with Gasteiger partial charge >= 0.3 is 0 Å². The van der Waals surface area contributed by atoms with Crippen molar-refractivity contribution in [3.63, 3.8) is 0 Å². The van der Waals surface area contributed by atoms with Crippen molar-refractivity contribution in [2.45, 2.75) is 26.7 Å². The minimum Gasteiger partial charge on any atom is -0.454 e. The maximum Gasteiger partial charge on any atom is 0.253 e. The summed E-state index contributed by atoms with van der Waals surface area (Å²) in [7, 11) is 0. The van der Waals surface area contributed by atoms with E-state index < -0.39 is 0 Å². The smallest absolute Gasteiger partial charge is 0.253 e. The predicted molar refractivity (Wildman–Crippen MR) is 79.4 cm³/mol. The quantitative estimate of drug-likeness (QED) is 0.692. The fourth-order valence-electron chi connectivity index (χ4n) is 2.22. The number of hydrogen-bond acceptors (Lipinski definition) is 5. The van der Waals surface area contributed by atoms with E-state index >= 15 is 0 Å². The van der Waals surface area contributed by atoms with Gasteiger partial charge in [0.25, 0.3) is 5.91 Å². The number of carbonyl (C=O) groups is 1. The summed E-state index contributed by atoms with van der Waals surface area (Å²) in [6.45, 7) is 4.91. The van der Waals surface area contributed by atoms with Gasteiger partial charge in [0.2, 0.25) is 6.79 Å². The number of carbonyl (C=O) groups excluding carboxylic acids is 1. The van der Waals surface area contributed by atoms with Gasteiger partial charge in [-0.15, -0.1) is 0 Å². The summed E-state index contributed by atoms with van der Waals surface area (Å²) >= 11 is 0. The van der Waals surface area contributed by atoms with E-state index in [1.54, 1.807) is 12.1 Å². The molecule has 1 aromatic rings. The van der Waals surface area contributed by atoms with Gasteiger partial charge < -0.3 is 25.6 Å². The molecule has 1 heterocycles. The van der Waals surface area contributed by atoms with Crippen molar-refractivity contribution in [1.82, 2.24) is 5.32 Å². The molecule has 1 aromatic carbocycles. The van der Waals surface area contributed by atoms with Crippen LogP contribution in [0.4, 0.5) is 5.69 Å². The Labute approximate surface area is 124 Å². The Kier molecular flexibility index (Phi) is 4.57. The van der Waals surface area contributed by atoms with Crippen molar-refractivity contribution in [3.8, 4) is 11.5 Å². The number of fused-ring (bicyclic) bond motifs is 1. The number of nitrogen functional groups attached to an aromatic ring is 1. The first-order chi connectivity index (χ1) is 9.93. The molecule has 0 atom stereocenters. The van der Waals surface area contributed by atoms with Gasteiger partial charge in [0.05, 0.1) is 5.56 Å². The second-order valence-electron chi connectivity index (χ2n) is 5.97. The molecular formula is C15H22N2O4. The van der Waals surface area contributed by atoms with Crippen LogP contribution in [-0.2, 0) is 0 Å². The molecule has 0 spiro atoms. The molecule has 6 heteroatoms. The lowest BCUT2D eigenvalue weighted by Gasteiger charge is -2.24. The summed E-state index contributed by atoms with van der Waals surface area (Å²) in [4.78, 5) is 12.2. The van der Waals surface area contributed by atoms with Gasteiger partial charge in [-0.1, -0.05) is 13.8 Å². The molecular weight excluding hydrogens is 272 g/mol. The summed E-state index contributed by atoms with van der Waals surface area (Å²) in [5.41, 5.74) is 6.56. The van der Waals surface area contributed by atoms with Crippen molar-refractivity contribution >= 4 is 11.6 Å². The number of aliphatic hydroxyl groups excluding tert-OH is 1. The monoisotopic (exact) mass is 294 g/mol. The lowest BCUT2D eigenvalue weighted by atomic mass is 9.88. The Morgan fingerprint density at radius 2 is 2.05 bits per heavy atom. The fourth-order valence-corrected chi connectivity index (χ4v) is 2.22. The molecule has 0 bridgehead atoms. The van der Waals surface area contributed by atoms with Crippen LogP contribution in [-0.4, -0.2) is 31.0 Å². The molecule has 1 amide bonds. The summed E-state index contributed by atoms with van der Waals surface area (Å²) in [6, 6.07) is 3.21. The van der Waals surface area contributed by atoms with Gasteiger partial charge in [-0.25, -0.2) is 0 Å². The van der Waals surface area contributed by atoms with Crippen LogP contribution in [0.5, 0.6) is 11.5 Å². The first-order valence-corrected chi connectivity index (χ1v) is 7.01. The zero-order valence-corrected chi connectivity index (χ0v) is 12.4. The average molecular weight is 294 g/mol. The molecule has 21 heavy (non-hydrogen) atoms. The van der Waals surface area contributed by atoms with E-state index in [1.165, 1.54) is 0 Å². The fraction of sp³-hybridized carbons (Fsp3) is 0.533. The van der Waals surface area contributed by atoms with Gasteiger partial charge in [0.15, 0.2) is 11.5 Å². The number of aliphatic hydroxyl groups is 1. The summed E-state index contributed by atoms with van der Waals surface area (Å²) in [5, 5.41) is 11.8. The molecule has 1 aliphatic rings. The Hall–Kier alpha value is -1.95. The Morgan fingerprint density at radius 3 is 2.71 bits per heavy atom. The molecule has 0 aromatic heterocycles. The van der Waals surface area contributed by atoms with Crippen LogP contribution in [0.25, 0.3) is 0 Å². The van der Waals surface area contributed by atoms with Gasteiger partial charge in [-0.2, -0.15) is 0 Å². The van der Waals surface area contributed by atoms with Gasteiger partial charge in [0.1, 0.15) is 0 Å². The average Bonchev–Trinajstić information content (AvgIpc) is 2.89. The van der Waals surface area contributed by atoms with E-state index in [4.69, 9.17) is 20.3 Å². The van der Waals surface area contributed by atoms with Gasteiger partial charge in [-0.05, 0) is 24.3 Å². The SMILES string of the molecule is CC(C)(CCCO)CNC(=O)c1cc2c(cc1N)OCO2. The highest BCUT2D eigenvalue weighted by Crippen LogP contribution is 2.36. The third-order valence-corrected chi connectivity index (χ3v) is 3.53. The first kappa shape index (κ1) is 15.4. The van der Waals surface area contributed by atoms with Crippen LogP contribution >= 0.6 is 0 Å². The highest BCUT2D eigenvalue weighted by Gasteiger charge is 2.22. The molecule has 2 rings (SSSR count). The molecule has 0 radical (unpaired) electrons. The normalized spacial score (nSPS) is 13.3. The van der Waals surface area contributed by atoms with E-state index in [0.717, 1.165) is 12.8 Å². The number of ether oxygens (including phenoxy) is 2. The number of hydrogen-bond donors (Lipinski definition) is 3. The molecule has 6 nitrogen and oxygen atoms in total. The molecule has 4 N–H and O–H groups in total. The molecule has 1 aliphatic heterocycles. The summed E-state index contributed by atoms with van der Waals surface area (Å²) < 4.78 is 10.5. The summed E-state index contributed by atoms with van der Waals surface area (Å²) in [6.07, 6.45) is 1.55. The highest BCUT2D eigenvalue weighted by molar-refractivity contribution is 6.00. The van der Waals surface area contributed by atoms with Gasteiger partial charge in [-0.3, -0.25) is 4.79 Å². The van der Waals surface area contributed by atoms with Crippen LogP contribution < -0.4 is 20.5 Å². The number of nitrogens with one attached hydrogen (secondary N) is 1. The minimum atomic E-state index is -0.233. The maximum atomic E-state index is 12.2. The third-order valence-electron chi connectivity index (χ3n) is 3.53. The minimum absolute atomic E-state index is 0.0799. The highest BCUT2D eigenvalue weighted by atomic mass is 16.7. The van der Waals surface area contributed by atoms with Crippen LogP contribution in [0, 0.1) is 5.41 Å². The number of benzene rings is 1. The molecule has 116 valence electrons. The van der Waals surface area contributed by atoms with Crippen LogP contribution in [0.15, 0.2) is 12.1 Å². The van der Waals surface area contributed by atoms with E-state index in [0.29, 0.717) is 29.3 Å². The first-order valence-electron chi connectivity index (χ1n) is 7.01. The lowest BCUT2D eigenvalue weighted by molar-refractivity contribution is 0.0933. The van der Waals surface area contributed by atoms with Crippen LogP contribution in [0.1, 0.15) is 37.0 Å². The lowest BCUT2D eigenvalue weighted by Crippen LogP contribution is -2.34. The largest absolute Gasteiger partial charge is 0.454 e. The second kappa shape index (κ2) is 6.22. The van der Waals surface area contributed by atoms with E-state index in [2.05, 4.69) is 5.32 Å². The number of nitrogens with two attached hydrogens (primary N) is 1. The zero-order valence-electron chi connectivity index (χ0n) is 12.4. The van der Waals surface area contributed by atoms with Crippen molar-refractivity contribution in [1.29, 1.82) is 0 Å². The molecule has 0 saturated carbocycles. The Balaban J connectivity index is 2.01. The van der Waals surface area contributed by atoms with E-state index in [-0.39, 0.29) is 24.7 Å². The topological polar surface area (TPSA) is 93.8 Å². The molecule has 0 unspecified atom stereocenters. The van der Waals surface area contributed by atoms with E-state index in [9.17, 15) is 4.79 Å². The van der Waals surface area contributed by atoms with Crippen molar-refractivity contribution in [2.75, 3.05) is 25.7 Å². The van der Waals surface area contributed by atoms with E-state index in [1.807, 2.05) is 13.8 Å². The number of anilines is 1. The van der Waals surface area contributed by atoms with Crippen molar-refractivity contribution < 1.29 is 19.4 Å². The van der Waals surface area contributed by atoms with Gasteiger partial charge in [0, 0.05) is 24.9 Å². The molecule has 0 aliphatic carbocycles. The zero-order chi connectivity index (χ0) is 15.5. The van der Waals surface area contributed by atoms with Crippen LogP contribution in [0.2, 0.25) is 0 Å². The number of amides is 1. The standard InChI is InChI=1S/C15H22N2O4/c1-15(2,4-3-5-18)8-17-14(19)10-6-12-13(7-11(10)16)21-9-20-12/h6-7,18H,3-5,8-9,16H2,1-2H3,(H,17,19). The molecule has 0 fully saturated rings. The molecule has 0 saturated heterocycles. The third kappa shape index (κ3) is 3.78. The Bertz CT molecular complexity index is 529. The van der Waals surface area contributed by atoms with Crippen molar-refractivity contribution in [2.24, 2.45) is 5.41 Å². The second-order valence-corrected chi connectivity index (χ2v) is 5.97. The Morgan fingerprint density at radius 1 is 1.38 bits per heavy atom. The number of rotatable bonds is 6.